The van der Waals surface area contributed by atoms with Crippen molar-refractivity contribution >= 4 is 87.8 Å². The molecule has 0 fully saturated rings. The van der Waals surface area contributed by atoms with E-state index < -0.39 is 20.0 Å². The Hall–Kier alpha value is -5.33. The summed E-state index contributed by atoms with van der Waals surface area (Å²) in [6.07, 6.45) is 2.91. The van der Waals surface area contributed by atoms with Gasteiger partial charge in [0.2, 0.25) is 20.0 Å². The minimum atomic E-state index is -3.57. The molecule has 2 heterocycles. The molecule has 0 unspecified atom stereocenters. The van der Waals surface area contributed by atoms with Gasteiger partial charge in [-0.1, -0.05) is 25.4 Å². The Labute approximate surface area is 327 Å². The molecule has 292 valence electrons. The van der Waals surface area contributed by atoms with E-state index in [4.69, 9.17) is 16.3 Å². The highest BCUT2D eigenvalue weighted by Gasteiger charge is 2.18. The molecule has 4 aromatic carbocycles. The lowest BCUT2D eigenvalue weighted by molar-refractivity contribution is 0.415. The van der Waals surface area contributed by atoms with E-state index in [1.165, 1.54) is 26.7 Å². The number of hydrogen-bond acceptors (Lipinski definition) is 13. The second kappa shape index (κ2) is 18.3. The van der Waals surface area contributed by atoms with E-state index in [9.17, 15) is 16.8 Å². The fourth-order valence-electron chi connectivity index (χ4n) is 5.23. The molecule has 2 aromatic heterocycles. The number of nitrogens with one attached hydrogen (secondary N) is 4. The standard InChI is InChI=1S/C18H21N5O3S.C17H18ClN5O2S.C2H6/c1-19-27(24,25)13-6-8-17(23(2)3)16(10-13)22-18-14-9-12(26-4)5-7-15(14)20-11-21-18;1-19-26(24,25)12-5-7-16(23(2)3)15(9-12)22-17-13-8-11(18)4-6-14(13)20-10-21-17;1-2/h5-11,19H,1-4H3,(H,20,21,22);4-10,19H,1-3H3,(H,20,21,22);1-2H3. The maximum absolute atomic E-state index is 12.2. The van der Waals surface area contributed by atoms with Crippen molar-refractivity contribution in [1.82, 2.24) is 29.4 Å². The van der Waals surface area contributed by atoms with Gasteiger partial charge in [-0.15, -0.1) is 0 Å². The van der Waals surface area contributed by atoms with Crippen LogP contribution in [0.2, 0.25) is 5.02 Å². The zero-order chi connectivity index (χ0) is 40.5. The Kier molecular flexibility index (Phi) is 14.1. The minimum absolute atomic E-state index is 0.157. The first kappa shape index (κ1) is 42.4. The summed E-state index contributed by atoms with van der Waals surface area (Å²) >= 11 is 6.10. The number of ether oxygens (including phenoxy) is 1. The molecule has 15 nitrogen and oxygen atoms in total. The lowest BCUT2D eigenvalue weighted by Gasteiger charge is -2.20. The summed E-state index contributed by atoms with van der Waals surface area (Å²) in [6.45, 7) is 4.00. The lowest BCUT2D eigenvalue weighted by atomic mass is 10.2. The van der Waals surface area contributed by atoms with Gasteiger partial charge < -0.3 is 25.2 Å². The van der Waals surface area contributed by atoms with Crippen LogP contribution in [0.15, 0.2) is 95.2 Å². The number of methoxy groups -OCH3 is 1. The molecule has 4 N–H and O–H groups in total. The lowest BCUT2D eigenvalue weighted by Crippen LogP contribution is -2.19. The predicted octanol–water partition coefficient (Wildman–Crippen LogP) is 6.38. The molecule has 0 radical (unpaired) electrons. The van der Waals surface area contributed by atoms with E-state index >= 15 is 0 Å². The van der Waals surface area contributed by atoms with Gasteiger partial charge in [0.05, 0.1) is 50.7 Å². The summed E-state index contributed by atoms with van der Waals surface area (Å²) in [6, 6.07) is 20.6. The van der Waals surface area contributed by atoms with Crippen molar-refractivity contribution in [3.63, 3.8) is 0 Å². The molecule has 0 saturated heterocycles. The van der Waals surface area contributed by atoms with Gasteiger partial charge in [0.15, 0.2) is 0 Å². The average molecular weight is 809 g/mol. The zero-order valence-electron chi connectivity index (χ0n) is 32.0. The number of halogens is 1. The van der Waals surface area contributed by atoms with Crippen LogP contribution in [0.5, 0.6) is 5.75 Å². The third kappa shape index (κ3) is 10.1. The molecule has 0 amide bonds. The van der Waals surface area contributed by atoms with Crippen LogP contribution in [0, 0.1) is 0 Å². The molecular weight excluding hydrogens is 764 g/mol. The van der Waals surface area contributed by atoms with Gasteiger partial charge in [-0.05, 0) is 86.9 Å². The Bertz CT molecular complexity index is 2500. The molecule has 0 spiro atoms. The number of fused-ring (bicyclic) bond motifs is 2. The highest BCUT2D eigenvalue weighted by molar-refractivity contribution is 7.89. The van der Waals surface area contributed by atoms with Gasteiger partial charge in [0.1, 0.15) is 30.0 Å². The molecular formula is C37H45ClN10O5S2. The van der Waals surface area contributed by atoms with Crippen LogP contribution >= 0.6 is 11.6 Å². The largest absolute Gasteiger partial charge is 0.497 e. The van der Waals surface area contributed by atoms with Crippen molar-refractivity contribution in [3.8, 4) is 5.75 Å². The first-order valence-electron chi connectivity index (χ1n) is 16.9. The highest BCUT2D eigenvalue weighted by atomic mass is 35.5. The van der Waals surface area contributed by atoms with E-state index in [0.717, 1.165) is 33.2 Å². The summed E-state index contributed by atoms with van der Waals surface area (Å²) < 4.78 is 58.6. The van der Waals surface area contributed by atoms with Gasteiger partial charge in [-0.25, -0.2) is 46.2 Å². The Balaban J connectivity index is 0.000000234. The molecule has 0 aliphatic heterocycles. The Morgan fingerprint density at radius 1 is 0.600 bits per heavy atom. The Morgan fingerprint density at radius 3 is 1.45 bits per heavy atom. The van der Waals surface area contributed by atoms with Crippen LogP contribution in [0.4, 0.5) is 34.4 Å². The zero-order valence-corrected chi connectivity index (χ0v) is 34.4. The van der Waals surface area contributed by atoms with E-state index in [1.807, 2.05) is 70.0 Å². The van der Waals surface area contributed by atoms with Gasteiger partial charge in [-0.3, -0.25) is 0 Å². The molecule has 0 atom stereocenters. The maximum Gasteiger partial charge on any atom is 0.240 e. The van der Waals surface area contributed by atoms with E-state index in [-0.39, 0.29) is 9.79 Å². The monoisotopic (exact) mass is 808 g/mol. The van der Waals surface area contributed by atoms with Crippen molar-refractivity contribution in [2.75, 3.05) is 69.8 Å². The number of nitrogens with zero attached hydrogens (tertiary/aromatic N) is 6. The first-order valence-corrected chi connectivity index (χ1v) is 20.2. The average Bonchev–Trinajstić information content (AvgIpc) is 3.18. The van der Waals surface area contributed by atoms with Gasteiger partial charge in [-0.2, -0.15) is 0 Å². The highest BCUT2D eigenvalue weighted by Crippen LogP contribution is 2.34. The third-order valence-corrected chi connectivity index (χ3v) is 11.1. The second-order valence-electron chi connectivity index (χ2n) is 11.8. The number of sulfonamides is 2. The molecule has 6 aromatic rings. The summed E-state index contributed by atoms with van der Waals surface area (Å²) in [5.41, 5.74) is 4.33. The van der Waals surface area contributed by atoms with Crippen molar-refractivity contribution in [2.45, 2.75) is 23.6 Å². The third-order valence-electron chi connectivity index (χ3n) is 8.00. The summed E-state index contributed by atoms with van der Waals surface area (Å²) in [4.78, 5) is 21.2. The second-order valence-corrected chi connectivity index (χ2v) is 16.0. The molecule has 0 aliphatic rings. The predicted molar refractivity (Wildman–Crippen MR) is 223 cm³/mol. The molecule has 6 rings (SSSR count). The van der Waals surface area contributed by atoms with Crippen LogP contribution in [0.1, 0.15) is 13.8 Å². The van der Waals surface area contributed by atoms with Crippen molar-refractivity contribution in [3.05, 3.63) is 90.5 Å². The van der Waals surface area contributed by atoms with E-state index in [2.05, 4.69) is 40.0 Å². The summed E-state index contributed by atoms with van der Waals surface area (Å²) in [5.74, 6) is 1.78. The molecule has 0 aliphatic carbocycles. The van der Waals surface area contributed by atoms with Crippen LogP contribution < -0.4 is 34.6 Å². The molecule has 0 bridgehead atoms. The minimum Gasteiger partial charge on any atom is -0.497 e. The van der Waals surface area contributed by atoms with Gasteiger partial charge in [0.25, 0.3) is 0 Å². The quantitative estimate of drug-likeness (QED) is 0.113. The molecule has 18 heteroatoms. The van der Waals surface area contributed by atoms with E-state index in [1.54, 1.807) is 61.7 Å². The molecule has 0 saturated carbocycles. The van der Waals surface area contributed by atoms with Crippen LogP contribution in [-0.4, -0.2) is 86.2 Å². The van der Waals surface area contributed by atoms with Crippen LogP contribution in [0.3, 0.4) is 0 Å². The van der Waals surface area contributed by atoms with Gasteiger partial charge >= 0.3 is 0 Å². The Morgan fingerprint density at radius 2 is 1.04 bits per heavy atom. The molecule has 55 heavy (non-hydrogen) atoms. The SMILES string of the molecule is CC.CNS(=O)(=O)c1ccc(N(C)C)c(Nc2ncnc3ccc(Cl)cc23)c1.CNS(=O)(=O)c1ccc(N(C)C)c(Nc2ncnc3ccc(OC)cc23)c1. The first-order chi connectivity index (χ1) is 26.2. The van der Waals surface area contributed by atoms with Gasteiger partial charge in [0, 0.05) is 44.0 Å². The summed E-state index contributed by atoms with van der Waals surface area (Å²) in [5, 5.41) is 8.54. The fourth-order valence-corrected chi connectivity index (χ4v) is 6.91. The smallest absolute Gasteiger partial charge is 0.240 e. The van der Waals surface area contributed by atoms with Crippen molar-refractivity contribution in [2.24, 2.45) is 0 Å². The fraction of sp³-hybridized carbons (Fsp3) is 0.243. The van der Waals surface area contributed by atoms with Crippen molar-refractivity contribution in [1.29, 1.82) is 0 Å². The van der Waals surface area contributed by atoms with Crippen LogP contribution in [0.25, 0.3) is 21.8 Å². The number of benzene rings is 4. The van der Waals surface area contributed by atoms with Crippen molar-refractivity contribution < 1.29 is 21.6 Å². The summed E-state index contributed by atoms with van der Waals surface area (Å²) in [7, 11) is 4.73. The maximum atomic E-state index is 12.2. The normalized spacial score (nSPS) is 11.2. The number of anilines is 6. The topological polar surface area (TPSA) is 184 Å². The number of hydrogen-bond donors (Lipinski definition) is 4. The number of rotatable bonds is 11. The van der Waals surface area contributed by atoms with Crippen LogP contribution in [-0.2, 0) is 20.0 Å². The number of aromatic nitrogens is 4. The van der Waals surface area contributed by atoms with E-state index in [0.29, 0.717) is 33.8 Å².